The van der Waals surface area contributed by atoms with E-state index in [1.165, 1.54) is 18.5 Å². The number of hydrogen-bond donors (Lipinski definition) is 0. The van der Waals surface area contributed by atoms with E-state index in [4.69, 9.17) is 4.74 Å². The maximum absolute atomic E-state index is 12.8. The van der Waals surface area contributed by atoms with E-state index in [2.05, 4.69) is 23.9 Å². The van der Waals surface area contributed by atoms with E-state index in [9.17, 15) is 13.2 Å². The van der Waals surface area contributed by atoms with Crippen molar-refractivity contribution in [1.82, 2.24) is 14.8 Å². The molecular weight excluding hydrogens is 367 g/mol. The van der Waals surface area contributed by atoms with Crippen molar-refractivity contribution in [2.45, 2.75) is 58.4 Å². The zero-order chi connectivity index (χ0) is 20.4. The van der Waals surface area contributed by atoms with Crippen LogP contribution in [0.4, 0.5) is 13.2 Å². The molecule has 0 saturated heterocycles. The molecule has 154 valence electrons. The second-order valence-electron chi connectivity index (χ2n) is 8.46. The second kappa shape index (κ2) is 8.23. The number of aryl methyl sites for hydroxylation is 1. The fourth-order valence-corrected chi connectivity index (χ4v) is 4.59. The van der Waals surface area contributed by atoms with E-state index in [-0.39, 0.29) is 17.4 Å². The topological polar surface area (TPSA) is 39.9 Å². The van der Waals surface area contributed by atoms with Crippen molar-refractivity contribution in [3.05, 3.63) is 48.0 Å². The second-order valence-corrected chi connectivity index (χ2v) is 8.46. The SMILES string of the molecule is CO[C@@H]1[C@@H](Cn2cncn2)[C@H](CCc2ccc(C(F)(F)F)cc2)CCC1(C)C. The Bertz CT molecular complexity index is 741. The summed E-state index contributed by atoms with van der Waals surface area (Å²) in [5.41, 5.74) is 0.413. The lowest BCUT2D eigenvalue weighted by Gasteiger charge is -2.47. The molecular formula is C21H28F3N3O. The van der Waals surface area contributed by atoms with E-state index < -0.39 is 11.7 Å². The molecule has 3 rings (SSSR count). The Morgan fingerprint density at radius 1 is 1.21 bits per heavy atom. The molecule has 1 heterocycles. The Labute approximate surface area is 164 Å². The van der Waals surface area contributed by atoms with Gasteiger partial charge in [-0.25, -0.2) is 4.98 Å². The van der Waals surface area contributed by atoms with Gasteiger partial charge in [-0.3, -0.25) is 4.68 Å². The predicted octanol–water partition coefficient (Wildman–Crippen LogP) is 5.00. The average molecular weight is 395 g/mol. The summed E-state index contributed by atoms with van der Waals surface area (Å²) < 4.78 is 46.0. The number of ether oxygens (including phenoxy) is 1. The predicted molar refractivity (Wildman–Crippen MR) is 101 cm³/mol. The van der Waals surface area contributed by atoms with Gasteiger partial charge in [0.15, 0.2) is 0 Å². The van der Waals surface area contributed by atoms with Crippen molar-refractivity contribution < 1.29 is 17.9 Å². The lowest BCUT2D eigenvalue weighted by atomic mass is 9.63. The minimum atomic E-state index is -4.29. The number of benzene rings is 1. The summed E-state index contributed by atoms with van der Waals surface area (Å²) in [5, 5.41) is 4.26. The third-order valence-corrected chi connectivity index (χ3v) is 6.13. The Morgan fingerprint density at radius 2 is 1.93 bits per heavy atom. The Morgan fingerprint density at radius 3 is 2.50 bits per heavy atom. The van der Waals surface area contributed by atoms with Crippen molar-refractivity contribution in [1.29, 1.82) is 0 Å². The molecule has 1 aromatic carbocycles. The van der Waals surface area contributed by atoms with Gasteiger partial charge >= 0.3 is 6.18 Å². The molecule has 0 aliphatic heterocycles. The van der Waals surface area contributed by atoms with Gasteiger partial charge in [0.05, 0.1) is 11.7 Å². The monoisotopic (exact) mass is 395 g/mol. The zero-order valence-electron chi connectivity index (χ0n) is 16.6. The van der Waals surface area contributed by atoms with Crippen LogP contribution in [0.25, 0.3) is 0 Å². The first kappa shape index (κ1) is 20.8. The molecule has 7 heteroatoms. The Hall–Kier alpha value is -1.89. The van der Waals surface area contributed by atoms with E-state index >= 15 is 0 Å². The molecule has 0 amide bonds. The molecule has 1 aromatic heterocycles. The lowest BCUT2D eigenvalue weighted by Crippen LogP contribution is -2.47. The summed E-state index contributed by atoms with van der Waals surface area (Å²) >= 11 is 0. The third kappa shape index (κ3) is 4.74. The largest absolute Gasteiger partial charge is 0.416 e. The van der Waals surface area contributed by atoms with Crippen LogP contribution < -0.4 is 0 Å². The zero-order valence-corrected chi connectivity index (χ0v) is 16.6. The van der Waals surface area contributed by atoms with Gasteiger partial charge in [-0.05, 0) is 54.7 Å². The van der Waals surface area contributed by atoms with Crippen molar-refractivity contribution in [2.24, 2.45) is 17.3 Å². The summed E-state index contributed by atoms with van der Waals surface area (Å²) in [6.45, 7) is 5.21. The number of halogens is 3. The maximum atomic E-state index is 12.8. The number of hydrogen-bond acceptors (Lipinski definition) is 3. The van der Waals surface area contributed by atoms with Crippen LogP contribution in [-0.4, -0.2) is 28.0 Å². The number of rotatable bonds is 6. The third-order valence-electron chi connectivity index (χ3n) is 6.13. The molecule has 1 aliphatic rings. The van der Waals surface area contributed by atoms with Crippen LogP contribution in [0.5, 0.6) is 0 Å². The van der Waals surface area contributed by atoms with Crippen molar-refractivity contribution in [3.8, 4) is 0 Å². The van der Waals surface area contributed by atoms with Gasteiger partial charge in [-0.15, -0.1) is 0 Å². The van der Waals surface area contributed by atoms with Gasteiger partial charge in [0.1, 0.15) is 12.7 Å². The van der Waals surface area contributed by atoms with E-state index in [1.54, 1.807) is 25.6 Å². The summed E-state index contributed by atoms with van der Waals surface area (Å²) in [6.07, 6.45) is 2.89. The molecule has 1 aliphatic carbocycles. The summed E-state index contributed by atoms with van der Waals surface area (Å²) in [5.74, 6) is 0.703. The summed E-state index contributed by atoms with van der Waals surface area (Å²) in [7, 11) is 1.76. The highest BCUT2D eigenvalue weighted by molar-refractivity contribution is 5.24. The van der Waals surface area contributed by atoms with Crippen LogP contribution in [0.3, 0.4) is 0 Å². The van der Waals surface area contributed by atoms with Crippen LogP contribution in [0, 0.1) is 17.3 Å². The number of aromatic nitrogens is 3. The molecule has 1 fully saturated rings. The van der Waals surface area contributed by atoms with Crippen LogP contribution in [0.1, 0.15) is 44.2 Å². The molecule has 0 N–H and O–H groups in total. The highest BCUT2D eigenvalue weighted by Gasteiger charge is 2.44. The molecule has 0 radical (unpaired) electrons. The van der Waals surface area contributed by atoms with E-state index in [0.717, 1.165) is 37.8 Å². The molecule has 1 saturated carbocycles. The summed E-state index contributed by atoms with van der Waals surface area (Å²) in [6, 6.07) is 5.53. The minimum absolute atomic E-state index is 0.0743. The van der Waals surface area contributed by atoms with Gasteiger partial charge in [-0.2, -0.15) is 18.3 Å². The first-order valence-electron chi connectivity index (χ1n) is 9.72. The first-order chi connectivity index (χ1) is 13.2. The van der Waals surface area contributed by atoms with E-state index in [1.807, 2.05) is 4.68 Å². The highest BCUT2D eigenvalue weighted by Crippen LogP contribution is 2.45. The van der Waals surface area contributed by atoms with Crippen LogP contribution in [0.2, 0.25) is 0 Å². The van der Waals surface area contributed by atoms with Gasteiger partial charge in [0.25, 0.3) is 0 Å². The molecule has 4 nitrogen and oxygen atoms in total. The lowest BCUT2D eigenvalue weighted by molar-refractivity contribution is -0.137. The molecule has 3 atom stereocenters. The fraction of sp³-hybridized carbons (Fsp3) is 0.619. The standard InChI is InChI=1S/C21H28F3N3O/c1-20(2)11-10-16(18(19(20)28-3)12-27-14-25-13-26-27)7-4-15-5-8-17(9-6-15)21(22,23)24/h5-6,8-9,13-14,16,18-19H,4,7,10-12H2,1-3H3/t16-,18+,19-/m1/s1. The quantitative estimate of drug-likeness (QED) is 0.691. The van der Waals surface area contributed by atoms with Gasteiger partial charge < -0.3 is 4.74 Å². The van der Waals surface area contributed by atoms with Gasteiger partial charge in [-0.1, -0.05) is 26.0 Å². The fourth-order valence-electron chi connectivity index (χ4n) is 4.59. The smallest absolute Gasteiger partial charge is 0.381 e. The maximum Gasteiger partial charge on any atom is 0.416 e. The van der Waals surface area contributed by atoms with Gasteiger partial charge in [0, 0.05) is 19.6 Å². The Balaban J connectivity index is 1.71. The molecule has 2 aromatic rings. The van der Waals surface area contributed by atoms with E-state index in [0.29, 0.717) is 5.92 Å². The first-order valence-corrected chi connectivity index (χ1v) is 9.72. The molecule has 0 spiro atoms. The van der Waals surface area contributed by atoms with Crippen molar-refractivity contribution in [2.75, 3.05) is 7.11 Å². The van der Waals surface area contributed by atoms with Crippen molar-refractivity contribution >= 4 is 0 Å². The average Bonchev–Trinajstić information content (AvgIpc) is 3.14. The normalized spacial score (nSPS) is 25.0. The van der Waals surface area contributed by atoms with Crippen molar-refractivity contribution in [3.63, 3.8) is 0 Å². The van der Waals surface area contributed by atoms with Crippen LogP contribution >= 0.6 is 0 Å². The molecule has 0 bridgehead atoms. The highest BCUT2D eigenvalue weighted by atomic mass is 19.4. The molecule has 0 unspecified atom stereocenters. The number of methoxy groups -OCH3 is 1. The number of nitrogens with zero attached hydrogens (tertiary/aromatic N) is 3. The van der Waals surface area contributed by atoms with Gasteiger partial charge in [0.2, 0.25) is 0 Å². The summed E-state index contributed by atoms with van der Waals surface area (Å²) in [4.78, 5) is 4.04. The minimum Gasteiger partial charge on any atom is -0.381 e. The molecule has 28 heavy (non-hydrogen) atoms. The van der Waals surface area contributed by atoms with Crippen LogP contribution in [0.15, 0.2) is 36.9 Å². The number of alkyl halides is 3. The Kier molecular flexibility index (Phi) is 6.12. The van der Waals surface area contributed by atoms with Crippen LogP contribution in [-0.2, 0) is 23.9 Å².